The van der Waals surface area contributed by atoms with E-state index in [0.29, 0.717) is 17.3 Å². The van der Waals surface area contributed by atoms with E-state index in [1.54, 1.807) is 19.5 Å². The SMILES string of the molecule is COCC1CCN(C(c2ccccc2)c2nc(NC(=O)c3ccc4cnccc4c3)ccc2C)CC1. The summed E-state index contributed by atoms with van der Waals surface area (Å²) in [6.07, 6.45) is 5.74. The number of hydrogen-bond donors (Lipinski definition) is 1. The van der Waals surface area contributed by atoms with Crippen molar-refractivity contribution in [2.24, 2.45) is 5.92 Å². The number of anilines is 1. The Kier molecular flexibility index (Phi) is 7.35. The Morgan fingerprint density at radius 2 is 1.86 bits per heavy atom. The van der Waals surface area contributed by atoms with E-state index in [1.165, 1.54) is 5.56 Å². The zero-order chi connectivity index (χ0) is 24.9. The summed E-state index contributed by atoms with van der Waals surface area (Å²) in [5, 5.41) is 5.01. The molecular formula is C30H32N4O2. The van der Waals surface area contributed by atoms with Crippen molar-refractivity contribution in [1.29, 1.82) is 0 Å². The molecule has 1 amide bonds. The number of nitrogens with one attached hydrogen (secondary N) is 1. The zero-order valence-electron chi connectivity index (χ0n) is 20.9. The number of hydrogen-bond acceptors (Lipinski definition) is 5. The van der Waals surface area contributed by atoms with Crippen LogP contribution in [0.1, 0.15) is 46.1 Å². The molecule has 6 nitrogen and oxygen atoms in total. The zero-order valence-corrected chi connectivity index (χ0v) is 20.9. The van der Waals surface area contributed by atoms with Crippen molar-refractivity contribution in [3.63, 3.8) is 0 Å². The molecule has 2 aromatic heterocycles. The molecule has 6 heteroatoms. The topological polar surface area (TPSA) is 67.3 Å². The summed E-state index contributed by atoms with van der Waals surface area (Å²) in [4.78, 5) is 24.8. The molecular weight excluding hydrogens is 448 g/mol. The summed E-state index contributed by atoms with van der Waals surface area (Å²) in [5.74, 6) is 0.985. The summed E-state index contributed by atoms with van der Waals surface area (Å²) in [6.45, 7) is 4.88. The van der Waals surface area contributed by atoms with E-state index in [4.69, 9.17) is 9.72 Å². The van der Waals surface area contributed by atoms with Gasteiger partial charge in [-0.3, -0.25) is 14.7 Å². The Morgan fingerprint density at radius 3 is 2.64 bits per heavy atom. The first-order valence-electron chi connectivity index (χ1n) is 12.5. The fourth-order valence-electron chi connectivity index (χ4n) is 5.09. The van der Waals surface area contributed by atoms with E-state index in [2.05, 4.69) is 52.5 Å². The van der Waals surface area contributed by atoms with Gasteiger partial charge in [0.05, 0.1) is 11.7 Å². The lowest BCUT2D eigenvalue weighted by atomic mass is 9.92. The third kappa shape index (κ3) is 5.30. The fourth-order valence-corrected chi connectivity index (χ4v) is 5.09. The Labute approximate surface area is 212 Å². The third-order valence-electron chi connectivity index (χ3n) is 7.07. The van der Waals surface area contributed by atoms with E-state index < -0.39 is 0 Å². The van der Waals surface area contributed by atoms with Gasteiger partial charge in [-0.1, -0.05) is 42.5 Å². The van der Waals surface area contributed by atoms with Crippen LogP contribution < -0.4 is 5.32 Å². The number of fused-ring (bicyclic) bond motifs is 1. The minimum Gasteiger partial charge on any atom is -0.384 e. The summed E-state index contributed by atoms with van der Waals surface area (Å²) in [5.41, 5.74) is 3.90. The first-order valence-corrected chi connectivity index (χ1v) is 12.5. The molecule has 5 rings (SSSR count). The maximum atomic E-state index is 13.1. The van der Waals surface area contributed by atoms with Gasteiger partial charge in [0, 0.05) is 37.1 Å². The number of pyridine rings is 2. The van der Waals surface area contributed by atoms with Crippen molar-refractivity contribution in [2.75, 3.05) is 32.1 Å². The van der Waals surface area contributed by atoms with Crippen LogP contribution in [0.3, 0.4) is 0 Å². The lowest BCUT2D eigenvalue weighted by Gasteiger charge is -2.38. The predicted molar refractivity (Wildman–Crippen MR) is 143 cm³/mol. The van der Waals surface area contributed by atoms with Crippen LogP contribution in [-0.4, -0.2) is 47.6 Å². The van der Waals surface area contributed by atoms with Crippen LogP contribution in [0.4, 0.5) is 5.82 Å². The van der Waals surface area contributed by atoms with Crippen LogP contribution in [-0.2, 0) is 4.74 Å². The van der Waals surface area contributed by atoms with E-state index in [1.807, 2.05) is 36.4 Å². The van der Waals surface area contributed by atoms with Gasteiger partial charge in [0.1, 0.15) is 5.82 Å². The number of aromatic nitrogens is 2. The molecule has 1 atom stereocenters. The van der Waals surface area contributed by atoms with E-state index in [9.17, 15) is 4.79 Å². The normalized spacial score (nSPS) is 15.6. The van der Waals surface area contributed by atoms with Crippen LogP contribution >= 0.6 is 0 Å². The number of piperidine rings is 1. The molecule has 0 aliphatic carbocycles. The van der Waals surface area contributed by atoms with E-state index >= 15 is 0 Å². The second-order valence-electron chi connectivity index (χ2n) is 9.54. The smallest absolute Gasteiger partial charge is 0.256 e. The molecule has 1 N–H and O–H groups in total. The molecule has 36 heavy (non-hydrogen) atoms. The summed E-state index contributed by atoms with van der Waals surface area (Å²) in [7, 11) is 1.78. The fraction of sp³-hybridized carbons (Fsp3) is 0.300. The van der Waals surface area contributed by atoms with Gasteiger partial charge in [-0.25, -0.2) is 4.98 Å². The van der Waals surface area contributed by atoms with Crippen molar-refractivity contribution >= 4 is 22.5 Å². The van der Waals surface area contributed by atoms with Crippen LogP contribution in [0, 0.1) is 12.8 Å². The number of likely N-dealkylation sites (tertiary alicyclic amines) is 1. The van der Waals surface area contributed by atoms with Gasteiger partial charge in [0.15, 0.2) is 0 Å². The first-order chi connectivity index (χ1) is 17.6. The van der Waals surface area contributed by atoms with Gasteiger partial charge in [0.2, 0.25) is 0 Å². The highest BCUT2D eigenvalue weighted by molar-refractivity contribution is 6.06. The molecule has 4 aromatic rings. The first kappa shape index (κ1) is 24.1. The number of carbonyl (C=O) groups is 1. The van der Waals surface area contributed by atoms with Gasteiger partial charge in [-0.2, -0.15) is 0 Å². The quantitative estimate of drug-likeness (QED) is 0.371. The number of nitrogens with zero attached hydrogens (tertiary/aromatic N) is 3. The van der Waals surface area contributed by atoms with Gasteiger partial charge >= 0.3 is 0 Å². The lowest BCUT2D eigenvalue weighted by molar-refractivity contribution is 0.0866. The monoisotopic (exact) mass is 480 g/mol. The second-order valence-corrected chi connectivity index (χ2v) is 9.54. The van der Waals surface area contributed by atoms with Crippen LogP contribution in [0.2, 0.25) is 0 Å². The molecule has 0 saturated carbocycles. The highest BCUT2D eigenvalue weighted by Gasteiger charge is 2.29. The minimum absolute atomic E-state index is 0.0275. The van der Waals surface area contributed by atoms with Crippen molar-refractivity contribution in [3.05, 3.63) is 102 Å². The summed E-state index contributed by atoms with van der Waals surface area (Å²) in [6, 6.07) is 22.0. The highest BCUT2D eigenvalue weighted by atomic mass is 16.5. The second kappa shape index (κ2) is 11.0. The standard InChI is InChI=1S/C30H32N4O2/c1-21-8-11-27(33-30(35)25-9-10-26-19-31-15-12-24(26)18-25)32-28(21)29(23-6-4-3-5-7-23)34-16-13-22(14-17-34)20-36-2/h3-12,15,18-19,22,29H,13-14,16-17,20H2,1-2H3,(H,32,33,35). The molecule has 2 aromatic carbocycles. The molecule has 184 valence electrons. The number of aryl methyl sites for hydroxylation is 1. The van der Waals surface area contributed by atoms with Crippen molar-refractivity contribution in [2.45, 2.75) is 25.8 Å². The Bertz CT molecular complexity index is 1330. The average Bonchev–Trinajstić information content (AvgIpc) is 2.92. The molecule has 3 heterocycles. The predicted octanol–water partition coefficient (Wildman–Crippen LogP) is 5.64. The van der Waals surface area contributed by atoms with Gasteiger partial charge < -0.3 is 10.1 Å². The minimum atomic E-state index is -0.173. The number of rotatable bonds is 7. The van der Waals surface area contributed by atoms with Gasteiger partial charge in [-0.05, 0) is 79.6 Å². The van der Waals surface area contributed by atoms with Gasteiger partial charge in [0.25, 0.3) is 5.91 Å². The average molecular weight is 481 g/mol. The summed E-state index contributed by atoms with van der Waals surface area (Å²) >= 11 is 0. The molecule has 1 unspecified atom stereocenters. The van der Waals surface area contributed by atoms with E-state index in [0.717, 1.165) is 54.6 Å². The largest absolute Gasteiger partial charge is 0.384 e. The number of methoxy groups -OCH3 is 1. The number of carbonyl (C=O) groups excluding carboxylic acids is 1. The Balaban J connectivity index is 1.42. The van der Waals surface area contributed by atoms with Crippen LogP contribution in [0.15, 0.2) is 79.1 Å². The molecule has 1 aliphatic rings. The molecule has 1 aliphatic heterocycles. The van der Waals surface area contributed by atoms with Gasteiger partial charge in [-0.15, -0.1) is 0 Å². The van der Waals surface area contributed by atoms with Crippen LogP contribution in [0.5, 0.6) is 0 Å². The maximum Gasteiger partial charge on any atom is 0.256 e. The van der Waals surface area contributed by atoms with Crippen LogP contribution in [0.25, 0.3) is 10.8 Å². The molecule has 0 bridgehead atoms. The Hall–Kier alpha value is -3.61. The number of amides is 1. The van der Waals surface area contributed by atoms with Crippen molar-refractivity contribution < 1.29 is 9.53 Å². The van der Waals surface area contributed by atoms with E-state index in [-0.39, 0.29) is 11.9 Å². The lowest BCUT2D eigenvalue weighted by Crippen LogP contribution is -2.39. The molecule has 0 spiro atoms. The summed E-state index contributed by atoms with van der Waals surface area (Å²) < 4.78 is 5.40. The maximum absolute atomic E-state index is 13.1. The molecule has 0 radical (unpaired) electrons. The Morgan fingerprint density at radius 1 is 1.06 bits per heavy atom. The third-order valence-corrected chi connectivity index (χ3v) is 7.07. The molecule has 1 fully saturated rings. The van der Waals surface area contributed by atoms with Crippen molar-refractivity contribution in [1.82, 2.24) is 14.9 Å². The molecule has 1 saturated heterocycles. The van der Waals surface area contributed by atoms with Crippen molar-refractivity contribution in [3.8, 4) is 0 Å². The number of ether oxygens (including phenoxy) is 1. The highest BCUT2D eigenvalue weighted by Crippen LogP contribution is 2.34. The number of benzene rings is 2.